The molecule has 0 bridgehead atoms. The Labute approximate surface area is 120 Å². The van der Waals surface area contributed by atoms with Crippen LogP contribution in [0.2, 0.25) is 0 Å². The summed E-state index contributed by atoms with van der Waals surface area (Å²) in [5.41, 5.74) is 5.28. The molecule has 1 aliphatic heterocycles. The fraction of sp³-hybridized carbons (Fsp3) is 0.818. The highest BCUT2D eigenvalue weighted by molar-refractivity contribution is 5.73. The van der Waals surface area contributed by atoms with Gasteiger partial charge in [-0.05, 0) is 0 Å². The molecule has 122 valence electrons. The van der Waals surface area contributed by atoms with Crippen LogP contribution < -0.4 is 11.1 Å². The van der Waals surface area contributed by atoms with Crippen LogP contribution in [0.3, 0.4) is 0 Å². The summed E-state index contributed by atoms with van der Waals surface area (Å²) in [6, 6.07) is -2.44. The SMILES string of the molecule is CC(=O)N[C@@H]1[C@@H](OCC(N)C(=O)O)OC(CO)C(O)[C@H]1O. The Hall–Kier alpha value is -1.30. The predicted molar refractivity (Wildman–Crippen MR) is 66.9 cm³/mol. The second kappa shape index (κ2) is 7.64. The van der Waals surface area contributed by atoms with E-state index in [1.807, 2.05) is 0 Å². The van der Waals surface area contributed by atoms with Crippen molar-refractivity contribution in [3.63, 3.8) is 0 Å². The van der Waals surface area contributed by atoms with Crippen molar-refractivity contribution in [2.24, 2.45) is 5.73 Å². The zero-order chi connectivity index (χ0) is 16.2. The summed E-state index contributed by atoms with van der Waals surface area (Å²) in [5.74, 6) is -1.80. The fourth-order valence-electron chi connectivity index (χ4n) is 1.88. The van der Waals surface area contributed by atoms with Crippen LogP contribution in [-0.2, 0) is 19.1 Å². The number of aliphatic hydroxyl groups is 3. The van der Waals surface area contributed by atoms with Crippen LogP contribution in [0, 0.1) is 0 Å². The average molecular weight is 308 g/mol. The van der Waals surface area contributed by atoms with E-state index in [-0.39, 0.29) is 0 Å². The Morgan fingerprint density at radius 1 is 1.38 bits per heavy atom. The summed E-state index contributed by atoms with van der Waals surface area (Å²) in [4.78, 5) is 21.7. The van der Waals surface area contributed by atoms with Crippen LogP contribution in [0.4, 0.5) is 0 Å². The minimum atomic E-state index is -1.45. The van der Waals surface area contributed by atoms with Gasteiger partial charge in [-0.15, -0.1) is 0 Å². The van der Waals surface area contributed by atoms with E-state index in [4.69, 9.17) is 25.4 Å². The quantitative estimate of drug-likeness (QED) is 0.289. The highest BCUT2D eigenvalue weighted by Crippen LogP contribution is 2.22. The molecular formula is C11H20N2O8. The van der Waals surface area contributed by atoms with Crippen molar-refractivity contribution in [1.29, 1.82) is 0 Å². The van der Waals surface area contributed by atoms with Gasteiger partial charge in [0, 0.05) is 6.92 Å². The molecular weight excluding hydrogens is 288 g/mol. The van der Waals surface area contributed by atoms with Gasteiger partial charge in [0.1, 0.15) is 30.4 Å². The molecule has 0 spiro atoms. The molecule has 10 heteroatoms. The smallest absolute Gasteiger partial charge is 0.322 e. The predicted octanol–water partition coefficient (Wildman–Crippen LogP) is -3.64. The second-order valence-corrected chi connectivity index (χ2v) is 4.71. The van der Waals surface area contributed by atoms with Crippen molar-refractivity contribution in [3.8, 4) is 0 Å². The number of rotatable bonds is 6. The van der Waals surface area contributed by atoms with E-state index in [1.165, 1.54) is 6.92 Å². The van der Waals surface area contributed by atoms with Crippen LogP contribution >= 0.6 is 0 Å². The zero-order valence-corrected chi connectivity index (χ0v) is 11.4. The van der Waals surface area contributed by atoms with Gasteiger partial charge in [0.15, 0.2) is 6.29 Å². The Morgan fingerprint density at radius 3 is 2.48 bits per heavy atom. The summed E-state index contributed by atoms with van der Waals surface area (Å²) in [6.45, 7) is 0.171. The van der Waals surface area contributed by atoms with E-state index < -0.39 is 61.8 Å². The van der Waals surface area contributed by atoms with Crippen molar-refractivity contribution in [1.82, 2.24) is 5.32 Å². The van der Waals surface area contributed by atoms with Crippen molar-refractivity contribution in [2.75, 3.05) is 13.2 Å². The molecule has 3 unspecified atom stereocenters. The number of amides is 1. The molecule has 1 rings (SSSR count). The Balaban J connectivity index is 2.78. The van der Waals surface area contributed by atoms with Crippen LogP contribution in [0.15, 0.2) is 0 Å². The van der Waals surface area contributed by atoms with Gasteiger partial charge in [0.25, 0.3) is 0 Å². The number of nitrogens with one attached hydrogen (secondary N) is 1. The number of carboxylic acid groups (broad SMARTS) is 1. The molecule has 1 fully saturated rings. The number of aliphatic hydroxyl groups excluding tert-OH is 3. The molecule has 0 radical (unpaired) electrons. The number of carbonyl (C=O) groups excluding carboxylic acids is 1. The van der Waals surface area contributed by atoms with E-state index in [0.29, 0.717) is 0 Å². The van der Waals surface area contributed by atoms with Gasteiger partial charge in [-0.1, -0.05) is 0 Å². The number of aliphatic carboxylic acids is 1. The summed E-state index contributed by atoms with van der Waals surface area (Å²) >= 11 is 0. The van der Waals surface area contributed by atoms with Gasteiger partial charge < -0.3 is 41.0 Å². The van der Waals surface area contributed by atoms with Gasteiger partial charge in [0.05, 0.1) is 13.2 Å². The maximum atomic E-state index is 11.1. The maximum Gasteiger partial charge on any atom is 0.322 e. The van der Waals surface area contributed by atoms with E-state index in [9.17, 15) is 19.8 Å². The van der Waals surface area contributed by atoms with Crippen LogP contribution in [0.25, 0.3) is 0 Å². The first-order valence-corrected chi connectivity index (χ1v) is 6.27. The lowest BCUT2D eigenvalue weighted by Crippen LogP contribution is -2.64. The van der Waals surface area contributed by atoms with Gasteiger partial charge in [-0.2, -0.15) is 0 Å². The molecule has 0 aromatic carbocycles. The van der Waals surface area contributed by atoms with Crippen molar-refractivity contribution in [3.05, 3.63) is 0 Å². The third-order valence-corrected chi connectivity index (χ3v) is 3.01. The fourth-order valence-corrected chi connectivity index (χ4v) is 1.88. The lowest BCUT2D eigenvalue weighted by atomic mass is 9.97. The Morgan fingerprint density at radius 2 is 2.00 bits per heavy atom. The van der Waals surface area contributed by atoms with Gasteiger partial charge in [-0.25, -0.2) is 0 Å². The average Bonchev–Trinajstić information content (AvgIpc) is 2.42. The molecule has 21 heavy (non-hydrogen) atoms. The second-order valence-electron chi connectivity index (χ2n) is 4.71. The molecule has 1 amide bonds. The third-order valence-electron chi connectivity index (χ3n) is 3.01. The third kappa shape index (κ3) is 4.59. The normalized spacial score (nSPS) is 34.2. The first-order chi connectivity index (χ1) is 9.77. The number of carbonyl (C=O) groups is 2. The van der Waals surface area contributed by atoms with E-state index in [2.05, 4.69) is 5.32 Å². The van der Waals surface area contributed by atoms with Crippen LogP contribution in [0.5, 0.6) is 0 Å². The molecule has 1 saturated heterocycles. The van der Waals surface area contributed by atoms with Gasteiger partial charge in [-0.3, -0.25) is 9.59 Å². The van der Waals surface area contributed by atoms with Gasteiger partial charge >= 0.3 is 5.97 Å². The molecule has 0 aliphatic carbocycles. The van der Waals surface area contributed by atoms with Gasteiger partial charge in [0.2, 0.25) is 5.91 Å². The topological polar surface area (TPSA) is 172 Å². The monoisotopic (exact) mass is 308 g/mol. The van der Waals surface area contributed by atoms with Crippen LogP contribution in [-0.4, -0.2) is 82.2 Å². The highest BCUT2D eigenvalue weighted by atomic mass is 16.7. The Bertz CT molecular complexity index is 379. The van der Waals surface area contributed by atoms with E-state index in [0.717, 1.165) is 0 Å². The van der Waals surface area contributed by atoms with E-state index >= 15 is 0 Å². The first kappa shape index (κ1) is 17.8. The largest absolute Gasteiger partial charge is 0.480 e. The molecule has 0 saturated carbocycles. The lowest BCUT2D eigenvalue weighted by Gasteiger charge is -2.42. The number of carboxylic acids is 1. The minimum absolute atomic E-state index is 0.433. The summed E-state index contributed by atoms with van der Waals surface area (Å²) in [6.07, 6.45) is -5.27. The number of ether oxygens (including phenoxy) is 2. The molecule has 1 aliphatic rings. The highest BCUT2D eigenvalue weighted by Gasteiger charge is 2.45. The maximum absolute atomic E-state index is 11.1. The number of hydrogen-bond donors (Lipinski definition) is 6. The van der Waals surface area contributed by atoms with Crippen LogP contribution in [0.1, 0.15) is 6.92 Å². The molecule has 1 heterocycles. The first-order valence-electron chi connectivity index (χ1n) is 6.27. The molecule has 0 aromatic heterocycles. The van der Waals surface area contributed by atoms with Crippen molar-refractivity contribution >= 4 is 11.9 Å². The van der Waals surface area contributed by atoms with Crippen molar-refractivity contribution < 1.29 is 39.5 Å². The molecule has 10 nitrogen and oxygen atoms in total. The number of nitrogens with two attached hydrogens (primary N) is 1. The standard InChI is InChI=1S/C11H20N2O8/c1-4(15)13-7-9(17)8(16)6(2-14)21-11(7)20-3-5(12)10(18)19/h5-9,11,14,16-17H,2-3,12H2,1H3,(H,13,15)(H,18,19)/t5?,6?,7-,8?,9-,11-/m0/s1. The summed E-state index contributed by atoms with van der Waals surface area (Å²) in [5, 5.41) is 39.8. The Kier molecular flexibility index (Phi) is 6.45. The minimum Gasteiger partial charge on any atom is -0.480 e. The molecule has 6 atom stereocenters. The summed E-state index contributed by atoms with van der Waals surface area (Å²) in [7, 11) is 0. The number of hydrogen-bond acceptors (Lipinski definition) is 8. The van der Waals surface area contributed by atoms with Crippen molar-refractivity contribution in [2.45, 2.75) is 43.6 Å². The zero-order valence-electron chi connectivity index (χ0n) is 11.4. The van der Waals surface area contributed by atoms with E-state index in [1.54, 1.807) is 0 Å². The summed E-state index contributed by atoms with van der Waals surface area (Å²) < 4.78 is 10.4. The lowest BCUT2D eigenvalue weighted by molar-refractivity contribution is -0.270. The molecule has 7 N–H and O–H groups in total. The molecule has 0 aromatic rings.